The van der Waals surface area contributed by atoms with Crippen molar-refractivity contribution in [2.24, 2.45) is 11.8 Å². The summed E-state index contributed by atoms with van der Waals surface area (Å²) in [6.07, 6.45) is 9.06. The molecule has 0 spiro atoms. The van der Waals surface area contributed by atoms with Crippen LogP contribution in [0, 0.1) is 23.5 Å². The molecule has 0 atom stereocenters. The van der Waals surface area contributed by atoms with Crippen molar-refractivity contribution in [3.63, 3.8) is 0 Å². The number of benzene rings is 2. The minimum atomic E-state index is -3.76. The Morgan fingerprint density at radius 1 is 0.789 bits per heavy atom. The van der Waals surface area contributed by atoms with E-state index in [0.717, 1.165) is 56.9 Å². The van der Waals surface area contributed by atoms with E-state index in [0.29, 0.717) is 17.4 Å². The number of unbranched alkanes of at least 4 members (excludes halogenated alkanes) is 1. The third-order valence-electron chi connectivity index (χ3n) is 8.67. The zero-order valence-corrected chi connectivity index (χ0v) is 22.8. The molecule has 2 aliphatic carbocycles. The van der Waals surface area contributed by atoms with Crippen LogP contribution >= 0.6 is 0 Å². The molecule has 4 rings (SSSR count). The van der Waals surface area contributed by atoms with Gasteiger partial charge in [-0.05, 0) is 92.4 Å². The Bertz CT molecular complexity index is 1010. The van der Waals surface area contributed by atoms with Crippen molar-refractivity contribution >= 4 is 0 Å². The summed E-state index contributed by atoms with van der Waals surface area (Å²) in [7, 11) is 0. The summed E-state index contributed by atoms with van der Waals surface area (Å²) in [5.41, 5.74) is 1.74. The number of hydrogen-bond acceptors (Lipinski definition) is 2. The van der Waals surface area contributed by atoms with Crippen LogP contribution in [0.15, 0.2) is 36.4 Å². The Labute approximate surface area is 225 Å². The lowest BCUT2D eigenvalue weighted by Crippen LogP contribution is -2.34. The molecular formula is C32H42F4O2. The van der Waals surface area contributed by atoms with Crippen LogP contribution in [-0.2, 0) is 4.74 Å². The van der Waals surface area contributed by atoms with Crippen LogP contribution in [0.5, 0.6) is 5.75 Å². The molecule has 0 heterocycles. The highest BCUT2D eigenvalue weighted by atomic mass is 19.3. The first-order chi connectivity index (χ1) is 18.3. The maximum Gasteiger partial charge on any atom is 0.422 e. The highest BCUT2D eigenvalue weighted by molar-refractivity contribution is 5.65. The second-order valence-corrected chi connectivity index (χ2v) is 11.3. The first kappa shape index (κ1) is 28.9. The summed E-state index contributed by atoms with van der Waals surface area (Å²) in [5.74, 6) is -1.49. The normalized spacial score (nSPS) is 24.4. The largest absolute Gasteiger partial charge is 0.428 e. The summed E-state index contributed by atoms with van der Waals surface area (Å²) in [5, 5.41) is 0. The predicted octanol–water partition coefficient (Wildman–Crippen LogP) is 10.1. The minimum Gasteiger partial charge on any atom is -0.428 e. The molecule has 0 unspecified atom stereocenters. The maximum atomic E-state index is 14.9. The predicted molar refractivity (Wildman–Crippen MR) is 144 cm³/mol. The van der Waals surface area contributed by atoms with Gasteiger partial charge in [-0.25, -0.2) is 4.39 Å². The molecule has 0 saturated heterocycles. The zero-order valence-electron chi connectivity index (χ0n) is 22.8. The fourth-order valence-corrected chi connectivity index (χ4v) is 6.16. The standard InChI is InChI=1S/C32H42F4O2/c1-3-5-6-23-7-11-24(12-8-23)25-13-15-26(16-14-25)28-19-20-29(31(34)30(28)33)38-32(35,36)21-37-27-17-9-22(4-2)10-18-27/h13-16,19-20,22-24,27H,3-12,17-18,21H2,1-2H3. The third-order valence-corrected chi connectivity index (χ3v) is 8.67. The Morgan fingerprint density at radius 2 is 1.45 bits per heavy atom. The monoisotopic (exact) mass is 534 g/mol. The number of alkyl halides is 2. The number of hydrogen-bond donors (Lipinski definition) is 0. The van der Waals surface area contributed by atoms with Crippen molar-refractivity contribution in [3.05, 3.63) is 53.6 Å². The molecule has 0 aliphatic heterocycles. The molecule has 2 aliphatic rings. The molecule has 0 aromatic heterocycles. The molecule has 38 heavy (non-hydrogen) atoms. The lowest BCUT2D eigenvalue weighted by atomic mass is 9.77. The molecule has 0 N–H and O–H groups in total. The van der Waals surface area contributed by atoms with Crippen LogP contribution in [0.1, 0.15) is 102 Å². The van der Waals surface area contributed by atoms with E-state index >= 15 is 0 Å². The van der Waals surface area contributed by atoms with Gasteiger partial charge in [-0.15, -0.1) is 0 Å². The van der Waals surface area contributed by atoms with Crippen molar-refractivity contribution in [2.45, 2.75) is 109 Å². The van der Waals surface area contributed by atoms with Crippen LogP contribution < -0.4 is 4.74 Å². The lowest BCUT2D eigenvalue weighted by Gasteiger charge is -2.29. The third kappa shape index (κ3) is 7.52. The van der Waals surface area contributed by atoms with E-state index in [1.807, 2.05) is 12.1 Å². The Morgan fingerprint density at radius 3 is 2.08 bits per heavy atom. The second kappa shape index (κ2) is 13.3. The van der Waals surface area contributed by atoms with Gasteiger partial charge in [0.05, 0.1) is 6.10 Å². The Balaban J connectivity index is 1.34. The number of halogens is 4. The molecule has 2 nitrogen and oxygen atoms in total. The van der Waals surface area contributed by atoms with Gasteiger partial charge in [-0.1, -0.05) is 63.8 Å². The molecule has 0 bridgehead atoms. The van der Waals surface area contributed by atoms with Crippen molar-refractivity contribution in [1.82, 2.24) is 0 Å². The van der Waals surface area contributed by atoms with Crippen molar-refractivity contribution in [2.75, 3.05) is 6.61 Å². The van der Waals surface area contributed by atoms with Gasteiger partial charge in [0.25, 0.3) is 0 Å². The Hall–Kier alpha value is -2.08. The van der Waals surface area contributed by atoms with E-state index in [4.69, 9.17) is 4.74 Å². The minimum absolute atomic E-state index is 0.0249. The highest BCUT2D eigenvalue weighted by Crippen LogP contribution is 2.39. The number of rotatable bonds is 11. The molecule has 210 valence electrons. The van der Waals surface area contributed by atoms with E-state index in [-0.39, 0.29) is 11.7 Å². The molecule has 2 aromatic rings. The molecule has 0 amide bonds. The van der Waals surface area contributed by atoms with Gasteiger partial charge < -0.3 is 9.47 Å². The van der Waals surface area contributed by atoms with Gasteiger partial charge in [0, 0.05) is 5.56 Å². The first-order valence-electron chi connectivity index (χ1n) is 14.6. The average Bonchev–Trinajstić information content (AvgIpc) is 2.94. The average molecular weight is 535 g/mol. The van der Waals surface area contributed by atoms with Gasteiger partial charge in [0.1, 0.15) is 0 Å². The van der Waals surface area contributed by atoms with E-state index in [2.05, 4.69) is 18.6 Å². The highest BCUT2D eigenvalue weighted by Gasteiger charge is 2.36. The molecule has 2 fully saturated rings. The fraction of sp³-hybridized carbons (Fsp3) is 0.625. The van der Waals surface area contributed by atoms with E-state index < -0.39 is 30.1 Å². The van der Waals surface area contributed by atoms with Crippen LogP contribution in [0.25, 0.3) is 11.1 Å². The van der Waals surface area contributed by atoms with Gasteiger partial charge >= 0.3 is 6.11 Å². The summed E-state index contributed by atoms with van der Waals surface area (Å²) in [6, 6.07) is 9.89. The molecular weight excluding hydrogens is 492 g/mol. The molecule has 6 heteroatoms. The van der Waals surface area contributed by atoms with Crippen molar-refractivity contribution < 1.29 is 27.0 Å². The Kier molecular flexibility index (Phi) is 10.1. The lowest BCUT2D eigenvalue weighted by molar-refractivity contribution is -0.223. The molecule has 2 aromatic carbocycles. The zero-order chi connectivity index (χ0) is 27.1. The van der Waals surface area contributed by atoms with Crippen LogP contribution in [0.3, 0.4) is 0 Å². The van der Waals surface area contributed by atoms with E-state index in [1.165, 1.54) is 43.7 Å². The second-order valence-electron chi connectivity index (χ2n) is 11.3. The quantitative estimate of drug-likeness (QED) is 0.267. The van der Waals surface area contributed by atoms with E-state index in [1.54, 1.807) is 12.1 Å². The van der Waals surface area contributed by atoms with Gasteiger partial charge in [-0.2, -0.15) is 13.2 Å². The molecule has 2 saturated carbocycles. The maximum absolute atomic E-state index is 14.9. The summed E-state index contributed by atoms with van der Waals surface area (Å²) in [6.45, 7) is 3.37. The fourth-order valence-electron chi connectivity index (χ4n) is 6.16. The van der Waals surface area contributed by atoms with Crippen LogP contribution in [0.2, 0.25) is 0 Å². The van der Waals surface area contributed by atoms with E-state index in [9.17, 15) is 17.6 Å². The van der Waals surface area contributed by atoms with Crippen LogP contribution in [0.4, 0.5) is 17.6 Å². The number of ether oxygens (including phenoxy) is 2. The summed E-state index contributed by atoms with van der Waals surface area (Å²) in [4.78, 5) is 0. The van der Waals surface area contributed by atoms with Gasteiger partial charge in [-0.3, -0.25) is 0 Å². The molecule has 0 radical (unpaired) electrons. The topological polar surface area (TPSA) is 18.5 Å². The summed E-state index contributed by atoms with van der Waals surface area (Å²) < 4.78 is 68.5. The van der Waals surface area contributed by atoms with Crippen molar-refractivity contribution in [1.29, 1.82) is 0 Å². The summed E-state index contributed by atoms with van der Waals surface area (Å²) >= 11 is 0. The van der Waals surface area contributed by atoms with Crippen molar-refractivity contribution in [3.8, 4) is 16.9 Å². The van der Waals surface area contributed by atoms with Gasteiger partial charge in [0.15, 0.2) is 18.2 Å². The van der Waals surface area contributed by atoms with Crippen LogP contribution in [-0.4, -0.2) is 18.8 Å². The smallest absolute Gasteiger partial charge is 0.422 e. The van der Waals surface area contributed by atoms with Gasteiger partial charge in [0.2, 0.25) is 5.82 Å². The first-order valence-corrected chi connectivity index (χ1v) is 14.6. The SMILES string of the molecule is CCCCC1CCC(c2ccc(-c3ccc(OC(F)(F)COC4CCC(CC)CC4)c(F)c3F)cc2)CC1.